The Morgan fingerprint density at radius 1 is 1.05 bits per heavy atom. The smallest absolute Gasteiger partial charge is 0.259 e. The molecule has 1 heterocycles. The van der Waals surface area contributed by atoms with Gasteiger partial charge in [-0.1, -0.05) is 6.07 Å². The molecule has 1 amide bonds. The zero-order valence-electron chi connectivity index (χ0n) is 10.2. The van der Waals surface area contributed by atoms with Crippen LogP contribution in [0.5, 0.6) is 0 Å². The number of amides is 1. The summed E-state index contributed by atoms with van der Waals surface area (Å²) in [6, 6.07) is 6.61. The third kappa shape index (κ3) is 1.65. The Kier molecular flexibility index (Phi) is 2.67. The Labute approximate surface area is 112 Å². The first kappa shape index (κ1) is 12.5. The van der Waals surface area contributed by atoms with E-state index in [1.165, 1.54) is 0 Å². The molecule has 102 valence electrons. The van der Waals surface area contributed by atoms with E-state index in [0.717, 1.165) is 17.0 Å². The summed E-state index contributed by atoms with van der Waals surface area (Å²) >= 11 is 0. The van der Waals surface area contributed by atoms with E-state index in [2.05, 4.69) is 0 Å². The Bertz CT molecular complexity index is 731. The number of nitrogens with zero attached hydrogens (tertiary/aromatic N) is 1. The first-order chi connectivity index (χ1) is 9.50. The fourth-order valence-corrected chi connectivity index (χ4v) is 2.28. The molecule has 2 aromatic carbocycles. The SMILES string of the molecule is Nc1cccc2c1CN(c1ccc(F)c(F)c1F)C2=O. The van der Waals surface area contributed by atoms with Crippen molar-refractivity contribution in [3.8, 4) is 0 Å². The Morgan fingerprint density at radius 2 is 1.80 bits per heavy atom. The van der Waals surface area contributed by atoms with Crippen LogP contribution >= 0.6 is 0 Å². The number of hydrogen-bond acceptors (Lipinski definition) is 2. The number of rotatable bonds is 1. The van der Waals surface area contributed by atoms with E-state index in [1.807, 2.05) is 0 Å². The summed E-state index contributed by atoms with van der Waals surface area (Å²) in [5.74, 6) is -4.77. The fraction of sp³-hybridized carbons (Fsp3) is 0.0714. The molecule has 3 rings (SSSR count). The van der Waals surface area contributed by atoms with Crippen molar-refractivity contribution in [3.05, 3.63) is 58.9 Å². The van der Waals surface area contributed by atoms with Gasteiger partial charge in [-0.3, -0.25) is 4.79 Å². The number of carbonyl (C=O) groups excluding carboxylic acids is 1. The highest BCUT2D eigenvalue weighted by Gasteiger charge is 2.32. The minimum Gasteiger partial charge on any atom is -0.398 e. The van der Waals surface area contributed by atoms with Crippen molar-refractivity contribution in [2.45, 2.75) is 6.54 Å². The van der Waals surface area contributed by atoms with Crippen LogP contribution in [0.15, 0.2) is 30.3 Å². The maximum absolute atomic E-state index is 13.8. The predicted molar refractivity (Wildman–Crippen MR) is 67.7 cm³/mol. The Balaban J connectivity index is 2.09. The van der Waals surface area contributed by atoms with Crippen LogP contribution in [-0.4, -0.2) is 5.91 Å². The lowest BCUT2D eigenvalue weighted by molar-refractivity contribution is 0.0995. The van der Waals surface area contributed by atoms with Crippen LogP contribution in [0.4, 0.5) is 24.5 Å². The zero-order chi connectivity index (χ0) is 14.4. The van der Waals surface area contributed by atoms with E-state index in [0.29, 0.717) is 16.8 Å². The second kappa shape index (κ2) is 4.26. The van der Waals surface area contributed by atoms with Crippen molar-refractivity contribution < 1.29 is 18.0 Å². The first-order valence-corrected chi connectivity index (χ1v) is 5.83. The molecular weight excluding hydrogens is 269 g/mol. The molecule has 0 saturated carbocycles. The van der Waals surface area contributed by atoms with Crippen molar-refractivity contribution in [1.82, 2.24) is 0 Å². The second-order valence-electron chi connectivity index (χ2n) is 4.46. The molecule has 0 atom stereocenters. The van der Waals surface area contributed by atoms with Crippen LogP contribution in [0.2, 0.25) is 0 Å². The molecule has 0 saturated heterocycles. The van der Waals surface area contributed by atoms with E-state index < -0.39 is 23.4 Å². The zero-order valence-corrected chi connectivity index (χ0v) is 10.2. The van der Waals surface area contributed by atoms with E-state index in [4.69, 9.17) is 5.73 Å². The van der Waals surface area contributed by atoms with Crippen molar-refractivity contribution in [2.24, 2.45) is 0 Å². The first-order valence-electron chi connectivity index (χ1n) is 5.83. The number of fused-ring (bicyclic) bond motifs is 1. The van der Waals surface area contributed by atoms with Crippen molar-refractivity contribution >= 4 is 17.3 Å². The molecule has 0 aromatic heterocycles. The van der Waals surface area contributed by atoms with Crippen LogP contribution in [0.25, 0.3) is 0 Å². The standard InChI is InChI=1S/C14H9F3N2O/c15-9-4-5-11(13(17)12(9)16)19-6-8-7(14(19)20)2-1-3-10(8)18/h1-5H,6,18H2. The van der Waals surface area contributed by atoms with Gasteiger partial charge in [-0.15, -0.1) is 0 Å². The van der Waals surface area contributed by atoms with Crippen LogP contribution in [0, 0.1) is 17.5 Å². The fourth-order valence-electron chi connectivity index (χ4n) is 2.28. The van der Waals surface area contributed by atoms with Gasteiger partial charge in [0.1, 0.15) is 0 Å². The molecule has 0 aliphatic carbocycles. The van der Waals surface area contributed by atoms with Crippen molar-refractivity contribution in [3.63, 3.8) is 0 Å². The summed E-state index contributed by atoms with van der Waals surface area (Å²) < 4.78 is 40.0. The van der Waals surface area contributed by atoms with Gasteiger partial charge in [0.05, 0.1) is 12.2 Å². The molecule has 6 heteroatoms. The van der Waals surface area contributed by atoms with E-state index in [9.17, 15) is 18.0 Å². The second-order valence-corrected chi connectivity index (χ2v) is 4.46. The highest BCUT2D eigenvalue weighted by atomic mass is 19.2. The molecule has 2 N–H and O–H groups in total. The molecule has 2 aromatic rings. The lowest BCUT2D eigenvalue weighted by Crippen LogP contribution is -2.24. The molecule has 3 nitrogen and oxygen atoms in total. The summed E-state index contributed by atoms with van der Waals surface area (Å²) in [5.41, 5.74) is 6.76. The van der Waals surface area contributed by atoms with Gasteiger partial charge in [-0.05, 0) is 24.3 Å². The highest BCUT2D eigenvalue weighted by molar-refractivity contribution is 6.11. The number of nitrogen functional groups attached to an aromatic ring is 1. The van der Waals surface area contributed by atoms with Gasteiger partial charge in [0.2, 0.25) is 0 Å². The molecule has 0 unspecified atom stereocenters. The van der Waals surface area contributed by atoms with Crippen molar-refractivity contribution in [1.29, 1.82) is 0 Å². The van der Waals surface area contributed by atoms with Crippen LogP contribution in [-0.2, 0) is 6.54 Å². The quantitative estimate of drug-likeness (QED) is 0.644. The normalized spacial score (nSPS) is 13.8. The maximum atomic E-state index is 13.8. The molecular formula is C14H9F3N2O. The number of hydrogen-bond donors (Lipinski definition) is 1. The number of anilines is 2. The van der Waals surface area contributed by atoms with Gasteiger partial charge in [0.15, 0.2) is 17.5 Å². The average molecular weight is 278 g/mol. The van der Waals surface area contributed by atoms with Gasteiger partial charge in [-0.25, -0.2) is 13.2 Å². The number of halogens is 3. The number of carbonyl (C=O) groups is 1. The topological polar surface area (TPSA) is 46.3 Å². The minimum absolute atomic E-state index is 0.0306. The predicted octanol–water partition coefficient (Wildman–Crippen LogP) is 2.85. The van der Waals surface area contributed by atoms with Crippen LogP contribution < -0.4 is 10.6 Å². The van der Waals surface area contributed by atoms with Crippen molar-refractivity contribution in [2.75, 3.05) is 10.6 Å². The van der Waals surface area contributed by atoms with E-state index in [1.54, 1.807) is 18.2 Å². The van der Waals surface area contributed by atoms with Crippen LogP contribution in [0.1, 0.15) is 15.9 Å². The molecule has 1 aliphatic rings. The third-order valence-corrected chi connectivity index (χ3v) is 3.31. The number of benzene rings is 2. The molecule has 0 radical (unpaired) electrons. The maximum Gasteiger partial charge on any atom is 0.259 e. The van der Waals surface area contributed by atoms with Crippen LogP contribution in [0.3, 0.4) is 0 Å². The van der Waals surface area contributed by atoms with Gasteiger partial charge in [-0.2, -0.15) is 0 Å². The Morgan fingerprint density at radius 3 is 2.50 bits per heavy atom. The Hall–Kier alpha value is -2.50. The summed E-state index contributed by atoms with van der Waals surface area (Å²) in [7, 11) is 0. The average Bonchev–Trinajstić information content (AvgIpc) is 2.76. The molecule has 1 aliphatic heterocycles. The summed E-state index contributed by atoms with van der Waals surface area (Å²) in [4.78, 5) is 13.2. The lowest BCUT2D eigenvalue weighted by atomic mass is 10.1. The molecule has 0 fully saturated rings. The van der Waals surface area contributed by atoms with Gasteiger partial charge < -0.3 is 10.6 Å². The monoisotopic (exact) mass is 278 g/mol. The minimum atomic E-state index is -1.60. The van der Waals surface area contributed by atoms with Gasteiger partial charge in [0.25, 0.3) is 5.91 Å². The molecule has 20 heavy (non-hydrogen) atoms. The summed E-state index contributed by atoms with van der Waals surface area (Å²) in [5, 5.41) is 0. The molecule has 0 spiro atoms. The number of nitrogens with two attached hydrogens (primary N) is 1. The third-order valence-electron chi connectivity index (χ3n) is 3.31. The highest BCUT2D eigenvalue weighted by Crippen LogP contribution is 2.33. The van der Waals surface area contributed by atoms with E-state index >= 15 is 0 Å². The van der Waals surface area contributed by atoms with E-state index in [-0.39, 0.29) is 12.2 Å². The van der Waals surface area contributed by atoms with Gasteiger partial charge in [0, 0.05) is 16.8 Å². The van der Waals surface area contributed by atoms with Gasteiger partial charge >= 0.3 is 0 Å². The summed E-state index contributed by atoms with van der Waals surface area (Å²) in [6.45, 7) is 0.0306. The largest absolute Gasteiger partial charge is 0.398 e. The molecule has 0 bridgehead atoms. The summed E-state index contributed by atoms with van der Waals surface area (Å²) in [6.07, 6.45) is 0. The lowest BCUT2D eigenvalue weighted by Gasteiger charge is -2.16.